The molecular weight excluding hydrogens is 475 g/mol. The van der Waals surface area contributed by atoms with E-state index in [2.05, 4.69) is 77.6 Å². The Labute approximate surface area is 192 Å². The van der Waals surface area contributed by atoms with E-state index in [4.69, 9.17) is 4.99 Å². The lowest BCUT2D eigenvalue weighted by Crippen LogP contribution is -2.49. The summed E-state index contributed by atoms with van der Waals surface area (Å²) in [5.41, 5.74) is 3.86. The number of nitrogens with one attached hydrogen (secondary N) is 3. The zero-order chi connectivity index (χ0) is 19.9. The van der Waals surface area contributed by atoms with Gasteiger partial charge >= 0.3 is 0 Å². The van der Waals surface area contributed by atoms with Gasteiger partial charge in [-0.2, -0.15) is 0 Å². The molecule has 0 saturated carbocycles. The van der Waals surface area contributed by atoms with Crippen molar-refractivity contribution >= 4 is 40.8 Å². The number of hydrogen-bond donors (Lipinski definition) is 3. The molecule has 3 N–H and O–H groups in total. The van der Waals surface area contributed by atoms with Gasteiger partial charge in [0.05, 0.1) is 6.54 Å². The molecule has 162 valence electrons. The molecular formula is C22H37IN6. The summed E-state index contributed by atoms with van der Waals surface area (Å²) in [7, 11) is 2.20. The van der Waals surface area contributed by atoms with Crippen LogP contribution in [-0.4, -0.2) is 79.6 Å². The lowest BCUT2D eigenvalue weighted by Gasteiger charge is -2.35. The van der Waals surface area contributed by atoms with Gasteiger partial charge in [0.15, 0.2) is 5.96 Å². The second-order valence-corrected chi connectivity index (χ2v) is 7.95. The normalized spacial score (nSPS) is 17.2. The SMILES string of the molecule is CCNC(=NCC(C)N1CCN(C)CC1)NCCc1c[nH]c2cc(C)ccc12.I. The molecule has 1 aliphatic heterocycles. The van der Waals surface area contributed by atoms with Gasteiger partial charge in [-0.3, -0.25) is 9.89 Å². The van der Waals surface area contributed by atoms with E-state index in [1.54, 1.807) is 0 Å². The van der Waals surface area contributed by atoms with E-state index in [1.807, 2.05) is 0 Å². The predicted molar refractivity (Wildman–Crippen MR) is 135 cm³/mol. The smallest absolute Gasteiger partial charge is 0.191 e. The van der Waals surface area contributed by atoms with Crippen LogP contribution in [0.5, 0.6) is 0 Å². The Bertz CT molecular complexity index is 779. The number of aryl methyl sites for hydroxylation is 1. The first kappa shape index (κ1) is 24.0. The lowest BCUT2D eigenvalue weighted by atomic mass is 10.1. The number of rotatable bonds is 7. The summed E-state index contributed by atoms with van der Waals surface area (Å²) in [6.45, 7) is 13.7. The van der Waals surface area contributed by atoms with Crippen molar-refractivity contribution in [2.75, 3.05) is 52.9 Å². The van der Waals surface area contributed by atoms with Crippen molar-refractivity contribution in [1.82, 2.24) is 25.4 Å². The van der Waals surface area contributed by atoms with Gasteiger partial charge < -0.3 is 20.5 Å². The molecule has 7 heteroatoms. The second kappa shape index (κ2) is 11.8. The van der Waals surface area contributed by atoms with Crippen molar-refractivity contribution in [3.8, 4) is 0 Å². The minimum Gasteiger partial charge on any atom is -0.361 e. The number of aromatic amines is 1. The summed E-state index contributed by atoms with van der Waals surface area (Å²) in [5, 5.41) is 8.19. The number of guanidine groups is 1. The monoisotopic (exact) mass is 512 g/mol. The van der Waals surface area contributed by atoms with Crippen molar-refractivity contribution in [3.05, 3.63) is 35.5 Å². The Morgan fingerprint density at radius 2 is 1.97 bits per heavy atom. The number of H-pyrrole nitrogens is 1. The topological polar surface area (TPSA) is 58.7 Å². The number of benzene rings is 1. The highest BCUT2D eigenvalue weighted by Gasteiger charge is 2.18. The summed E-state index contributed by atoms with van der Waals surface area (Å²) in [5.74, 6) is 0.916. The van der Waals surface area contributed by atoms with Crippen LogP contribution in [0, 0.1) is 6.92 Å². The third kappa shape index (κ3) is 6.86. The van der Waals surface area contributed by atoms with E-state index in [-0.39, 0.29) is 24.0 Å². The Morgan fingerprint density at radius 3 is 2.69 bits per heavy atom. The van der Waals surface area contributed by atoms with E-state index >= 15 is 0 Å². The van der Waals surface area contributed by atoms with Crippen molar-refractivity contribution < 1.29 is 0 Å². The average Bonchev–Trinajstić information content (AvgIpc) is 3.08. The predicted octanol–water partition coefficient (Wildman–Crippen LogP) is 2.83. The number of likely N-dealkylation sites (N-methyl/N-ethyl adjacent to an activating group) is 1. The van der Waals surface area contributed by atoms with Crippen molar-refractivity contribution in [2.24, 2.45) is 4.99 Å². The molecule has 3 rings (SSSR count). The third-order valence-electron chi connectivity index (χ3n) is 5.63. The van der Waals surface area contributed by atoms with Gasteiger partial charge in [-0.25, -0.2) is 0 Å². The highest BCUT2D eigenvalue weighted by Crippen LogP contribution is 2.19. The molecule has 0 radical (unpaired) electrons. The average molecular weight is 512 g/mol. The molecule has 1 atom stereocenters. The van der Waals surface area contributed by atoms with Crippen molar-refractivity contribution in [2.45, 2.75) is 33.2 Å². The van der Waals surface area contributed by atoms with Crippen LogP contribution in [0.1, 0.15) is 25.0 Å². The van der Waals surface area contributed by atoms with Crippen LogP contribution >= 0.6 is 24.0 Å². The highest BCUT2D eigenvalue weighted by atomic mass is 127. The number of halogens is 1. The summed E-state index contributed by atoms with van der Waals surface area (Å²) in [6.07, 6.45) is 3.10. The van der Waals surface area contributed by atoms with Crippen LogP contribution in [0.25, 0.3) is 10.9 Å². The van der Waals surface area contributed by atoms with E-state index in [0.29, 0.717) is 6.04 Å². The fraction of sp³-hybridized carbons (Fsp3) is 0.591. The van der Waals surface area contributed by atoms with Gasteiger partial charge in [0.1, 0.15) is 0 Å². The maximum Gasteiger partial charge on any atom is 0.191 e. The molecule has 0 amide bonds. The van der Waals surface area contributed by atoms with Crippen molar-refractivity contribution in [1.29, 1.82) is 0 Å². The molecule has 0 spiro atoms. The van der Waals surface area contributed by atoms with Gasteiger partial charge in [-0.05, 0) is 51.4 Å². The van der Waals surface area contributed by atoms with Crippen LogP contribution in [0.2, 0.25) is 0 Å². The number of piperazine rings is 1. The molecule has 1 aromatic heterocycles. The molecule has 1 unspecified atom stereocenters. The van der Waals surface area contributed by atoms with Crippen LogP contribution in [0.3, 0.4) is 0 Å². The molecule has 2 aromatic rings. The molecule has 1 aromatic carbocycles. The number of nitrogens with zero attached hydrogens (tertiary/aromatic N) is 3. The molecule has 1 aliphatic rings. The van der Waals surface area contributed by atoms with E-state index in [0.717, 1.165) is 58.2 Å². The van der Waals surface area contributed by atoms with E-state index in [9.17, 15) is 0 Å². The Hall–Kier alpha value is -1.32. The van der Waals surface area contributed by atoms with Gasteiger partial charge in [0.25, 0.3) is 0 Å². The number of aromatic nitrogens is 1. The summed E-state index contributed by atoms with van der Waals surface area (Å²) < 4.78 is 0. The maximum absolute atomic E-state index is 4.83. The molecule has 1 fully saturated rings. The summed E-state index contributed by atoms with van der Waals surface area (Å²) in [6, 6.07) is 7.07. The first-order chi connectivity index (χ1) is 13.6. The minimum atomic E-state index is 0. The lowest BCUT2D eigenvalue weighted by molar-refractivity contribution is 0.122. The largest absolute Gasteiger partial charge is 0.361 e. The summed E-state index contributed by atoms with van der Waals surface area (Å²) >= 11 is 0. The van der Waals surface area contributed by atoms with Crippen LogP contribution in [-0.2, 0) is 6.42 Å². The van der Waals surface area contributed by atoms with Crippen molar-refractivity contribution in [3.63, 3.8) is 0 Å². The molecule has 0 aliphatic carbocycles. The van der Waals surface area contributed by atoms with Crippen LogP contribution in [0.15, 0.2) is 29.4 Å². The molecule has 0 bridgehead atoms. The van der Waals surface area contributed by atoms with Gasteiger partial charge in [0.2, 0.25) is 0 Å². The fourth-order valence-corrected chi connectivity index (χ4v) is 3.77. The first-order valence-electron chi connectivity index (χ1n) is 10.6. The second-order valence-electron chi connectivity index (χ2n) is 7.95. The Balaban J connectivity index is 0.00000300. The summed E-state index contributed by atoms with van der Waals surface area (Å²) in [4.78, 5) is 13.2. The molecule has 29 heavy (non-hydrogen) atoms. The Kier molecular flexibility index (Phi) is 9.71. The number of hydrogen-bond acceptors (Lipinski definition) is 3. The third-order valence-corrected chi connectivity index (χ3v) is 5.63. The zero-order valence-electron chi connectivity index (χ0n) is 18.3. The molecule has 6 nitrogen and oxygen atoms in total. The molecule has 2 heterocycles. The standard InChI is InChI=1S/C22H36N6.HI/c1-5-23-22(26-15-18(3)28-12-10-27(4)11-13-28)24-9-8-19-16-25-21-14-17(2)6-7-20(19)21;/h6-7,14,16,18,25H,5,8-13,15H2,1-4H3,(H2,23,24,26);1H. The van der Waals surface area contributed by atoms with E-state index < -0.39 is 0 Å². The van der Waals surface area contributed by atoms with Gasteiger partial charge in [-0.15, -0.1) is 24.0 Å². The van der Waals surface area contributed by atoms with E-state index in [1.165, 1.54) is 22.0 Å². The quantitative estimate of drug-likeness (QED) is 0.304. The maximum atomic E-state index is 4.83. The zero-order valence-corrected chi connectivity index (χ0v) is 20.6. The number of aliphatic imine (C=N–C) groups is 1. The van der Waals surface area contributed by atoms with Crippen LogP contribution in [0.4, 0.5) is 0 Å². The fourth-order valence-electron chi connectivity index (χ4n) is 3.77. The highest BCUT2D eigenvalue weighted by molar-refractivity contribution is 14.0. The number of fused-ring (bicyclic) bond motifs is 1. The van der Waals surface area contributed by atoms with Gasteiger partial charge in [0, 0.05) is 62.4 Å². The Morgan fingerprint density at radius 1 is 1.21 bits per heavy atom. The van der Waals surface area contributed by atoms with Gasteiger partial charge in [-0.1, -0.05) is 12.1 Å². The molecule has 1 saturated heterocycles. The minimum absolute atomic E-state index is 0. The van der Waals surface area contributed by atoms with Crippen LogP contribution < -0.4 is 10.6 Å². The first-order valence-corrected chi connectivity index (χ1v) is 10.6.